The molecular weight excluding hydrogens is 448 g/mol. The van der Waals surface area contributed by atoms with Crippen molar-refractivity contribution in [2.75, 3.05) is 39.7 Å². The minimum absolute atomic E-state index is 0.0325. The summed E-state index contributed by atoms with van der Waals surface area (Å²) in [5.74, 6) is 0.0808. The highest BCUT2D eigenvalue weighted by Gasteiger charge is 2.18. The Kier molecular flexibility index (Phi) is 9.24. The number of benzene rings is 2. The van der Waals surface area contributed by atoms with Crippen LogP contribution >= 0.6 is 0 Å². The summed E-state index contributed by atoms with van der Waals surface area (Å²) in [5, 5.41) is 2.52. The number of methoxy groups -OCH3 is 1. The smallest absolute Gasteiger partial charge is 0.338 e. The molecule has 0 aliphatic carbocycles. The van der Waals surface area contributed by atoms with Crippen molar-refractivity contribution in [3.63, 3.8) is 0 Å². The van der Waals surface area contributed by atoms with Gasteiger partial charge in [0.2, 0.25) is 10.0 Å². The molecule has 2 aromatic carbocycles. The number of anilines is 1. The number of hydrogen-bond donors (Lipinski definition) is 1. The fourth-order valence-electron chi connectivity index (χ4n) is 2.68. The predicted molar refractivity (Wildman–Crippen MR) is 124 cm³/mol. The van der Waals surface area contributed by atoms with Crippen LogP contribution in [0.5, 0.6) is 11.5 Å². The van der Waals surface area contributed by atoms with E-state index in [4.69, 9.17) is 14.2 Å². The van der Waals surface area contributed by atoms with Gasteiger partial charge in [-0.15, -0.1) is 0 Å². The van der Waals surface area contributed by atoms with Crippen molar-refractivity contribution in [2.24, 2.45) is 5.92 Å². The van der Waals surface area contributed by atoms with Gasteiger partial charge in [0.15, 0.2) is 18.1 Å². The number of amides is 1. The molecule has 0 aromatic heterocycles. The second kappa shape index (κ2) is 11.7. The maximum Gasteiger partial charge on any atom is 0.338 e. The topological polar surface area (TPSA) is 111 Å². The van der Waals surface area contributed by atoms with Crippen LogP contribution in [0, 0.1) is 5.92 Å². The van der Waals surface area contributed by atoms with Crippen LogP contribution in [0.1, 0.15) is 30.6 Å². The molecule has 2 aromatic rings. The summed E-state index contributed by atoms with van der Waals surface area (Å²) >= 11 is 0. The molecule has 0 heterocycles. The van der Waals surface area contributed by atoms with Gasteiger partial charge in [0.05, 0.1) is 24.2 Å². The van der Waals surface area contributed by atoms with Gasteiger partial charge in [-0.1, -0.05) is 19.9 Å². The molecule has 0 fully saturated rings. The first-order valence-electron chi connectivity index (χ1n) is 10.3. The van der Waals surface area contributed by atoms with Crippen LogP contribution in [-0.4, -0.2) is 59.0 Å². The quantitative estimate of drug-likeness (QED) is 0.494. The standard InChI is InChI=1S/C23H30N2O7S/c1-16(2)11-12-31-20-10-9-17(13-21(20)30-5)23(27)32-15-22(26)24-18-7-6-8-19(14-18)33(28,29)25(3)4/h6-10,13-14,16H,11-12,15H2,1-5H3,(H,24,26). The number of sulfonamides is 1. The van der Waals surface area contributed by atoms with Gasteiger partial charge in [-0.3, -0.25) is 4.79 Å². The summed E-state index contributed by atoms with van der Waals surface area (Å²) in [5.41, 5.74) is 0.471. The number of ether oxygens (including phenoxy) is 3. The van der Waals surface area contributed by atoms with Crippen LogP contribution in [-0.2, 0) is 19.6 Å². The van der Waals surface area contributed by atoms with E-state index in [0.717, 1.165) is 10.7 Å². The van der Waals surface area contributed by atoms with Gasteiger partial charge < -0.3 is 19.5 Å². The van der Waals surface area contributed by atoms with Crippen LogP contribution < -0.4 is 14.8 Å². The van der Waals surface area contributed by atoms with Crippen molar-refractivity contribution in [1.29, 1.82) is 0 Å². The van der Waals surface area contributed by atoms with Crippen LogP contribution in [0.4, 0.5) is 5.69 Å². The molecule has 1 N–H and O–H groups in total. The Labute approximate surface area is 194 Å². The van der Waals surface area contributed by atoms with Crippen LogP contribution in [0.15, 0.2) is 47.4 Å². The Morgan fingerprint density at radius 3 is 2.42 bits per heavy atom. The van der Waals surface area contributed by atoms with E-state index in [1.807, 2.05) is 0 Å². The summed E-state index contributed by atoms with van der Waals surface area (Å²) in [6.07, 6.45) is 0.881. The molecule has 180 valence electrons. The molecular formula is C23H30N2O7S. The van der Waals surface area contributed by atoms with Crippen LogP contribution in [0.2, 0.25) is 0 Å². The Hall–Kier alpha value is -3.11. The number of esters is 1. The number of rotatable bonds is 11. The lowest BCUT2D eigenvalue weighted by Crippen LogP contribution is -2.23. The highest BCUT2D eigenvalue weighted by Crippen LogP contribution is 2.28. The summed E-state index contributed by atoms with van der Waals surface area (Å²) < 4.78 is 41.6. The molecule has 1 amide bonds. The van der Waals surface area contributed by atoms with Crippen molar-refractivity contribution in [2.45, 2.75) is 25.2 Å². The zero-order chi connectivity index (χ0) is 24.6. The molecule has 0 atom stereocenters. The highest BCUT2D eigenvalue weighted by molar-refractivity contribution is 7.89. The van der Waals surface area contributed by atoms with Crippen molar-refractivity contribution < 1.29 is 32.2 Å². The van der Waals surface area contributed by atoms with E-state index in [-0.39, 0.29) is 16.1 Å². The van der Waals surface area contributed by atoms with Gasteiger partial charge >= 0.3 is 5.97 Å². The fourth-order valence-corrected chi connectivity index (χ4v) is 3.62. The normalized spacial score (nSPS) is 11.4. The maximum atomic E-state index is 12.4. The molecule has 0 aliphatic rings. The summed E-state index contributed by atoms with van der Waals surface area (Å²) in [7, 11) is 0.659. The van der Waals surface area contributed by atoms with Crippen LogP contribution in [0.3, 0.4) is 0 Å². The fraction of sp³-hybridized carbons (Fsp3) is 0.391. The van der Waals surface area contributed by atoms with E-state index in [9.17, 15) is 18.0 Å². The SMILES string of the molecule is COc1cc(C(=O)OCC(=O)Nc2cccc(S(=O)(=O)N(C)C)c2)ccc1OCCC(C)C. The number of carbonyl (C=O) groups excluding carboxylic acids is 2. The van der Waals surface area contributed by atoms with E-state index < -0.39 is 28.5 Å². The lowest BCUT2D eigenvalue weighted by Gasteiger charge is -2.13. The zero-order valence-electron chi connectivity index (χ0n) is 19.5. The number of hydrogen-bond acceptors (Lipinski definition) is 7. The molecule has 0 aliphatic heterocycles. The molecule has 0 unspecified atom stereocenters. The van der Waals surface area contributed by atoms with E-state index in [2.05, 4.69) is 19.2 Å². The van der Waals surface area contributed by atoms with Gasteiger partial charge in [0.1, 0.15) is 0 Å². The Morgan fingerprint density at radius 1 is 1.06 bits per heavy atom. The highest BCUT2D eigenvalue weighted by atomic mass is 32.2. The number of nitrogens with one attached hydrogen (secondary N) is 1. The molecule has 9 nitrogen and oxygen atoms in total. The third kappa shape index (κ3) is 7.47. The van der Waals surface area contributed by atoms with E-state index >= 15 is 0 Å². The monoisotopic (exact) mass is 478 g/mol. The lowest BCUT2D eigenvalue weighted by atomic mass is 10.1. The van der Waals surface area contributed by atoms with E-state index in [1.54, 1.807) is 6.07 Å². The van der Waals surface area contributed by atoms with Gasteiger partial charge in [-0.05, 0) is 48.7 Å². The molecule has 0 spiro atoms. The minimum Gasteiger partial charge on any atom is -0.493 e. The Balaban J connectivity index is 1.97. The van der Waals surface area contributed by atoms with Gasteiger partial charge in [0.25, 0.3) is 5.91 Å². The molecule has 10 heteroatoms. The summed E-state index contributed by atoms with van der Waals surface area (Å²) in [4.78, 5) is 24.6. The molecule has 0 saturated heterocycles. The average molecular weight is 479 g/mol. The Morgan fingerprint density at radius 2 is 1.79 bits per heavy atom. The molecule has 0 bridgehead atoms. The second-order valence-electron chi connectivity index (χ2n) is 7.84. The van der Waals surface area contributed by atoms with Crippen molar-refractivity contribution in [3.8, 4) is 11.5 Å². The van der Waals surface area contributed by atoms with Gasteiger partial charge in [-0.25, -0.2) is 17.5 Å². The van der Waals surface area contributed by atoms with Crippen molar-refractivity contribution in [1.82, 2.24) is 4.31 Å². The molecule has 0 radical (unpaired) electrons. The number of carbonyl (C=O) groups is 2. The minimum atomic E-state index is -3.64. The van der Waals surface area contributed by atoms with E-state index in [1.165, 1.54) is 57.6 Å². The van der Waals surface area contributed by atoms with Gasteiger partial charge in [0, 0.05) is 19.8 Å². The summed E-state index contributed by atoms with van der Waals surface area (Å²) in [6.45, 7) is 4.17. The first-order valence-corrected chi connectivity index (χ1v) is 11.8. The average Bonchev–Trinajstić information content (AvgIpc) is 2.77. The maximum absolute atomic E-state index is 12.4. The molecule has 33 heavy (non-hydrogen) atoms. The van der Waals surface area contributed by atoms with Gasteiger partial charge in [-0.2, -0.15) is 0 Å². The largest absolute Gasteiger partial charge is 0.493 e. The molecule has 2 rings (SSSR count). The van der Waals surface area contributed by atoms with E-state index in [0.29, 0.717) is 24.0 Å². The summed E-state index contributed by atoms with van der Waals surface area (Å²) in [6, 6.07) is 10.4. The van der Waals surface area contributed by atoms with Crippen molar-refractivity contribution >= 4 is 27.6 Å². The molecule has 0 saturated carbocycles. The third-order valence-corrected chi connectivity index (χ3v) is 6.39. The van der Waals surface area contributed by atoms with Crippen LogP contribution in [0.25, 0.3) is 0 Å². The third-order valence-electron chi connectivity index (χ3n) is 4.58. The predicted octanol–water partition coefficient (Wildman–Crippen LogP) is 3.17. The van der Waals surface area contributed by atoms with Crippen molar-refractivity contribution in [3.05, 3.63) is 48.0 Å². The zero-order valence-corrected chi connectivity index (χ0v) is 20.3. The lowest BCUT2D eigenvalue weighted by molar-refractivity contribution is -0.119. The Bertz CT molecular complexity index is 1080. The number of nitrogens with zero attached hydrogens (tertiary/aromatic N) is 1. The first-order chi connectivity index (χ1) is 15.5. The first kappa shape index (κ1) is 26.1. The second-order valence-corrected chi connectivity index (χ2v) is 9.99.